The number of benzene rings is 1. The normalized spacial score (nSPS) is 18.6. The monoisotopic (exact) mass is 261 g/mol. The van der Waals surface area contributed by atoms with E-state index >= 15 is 0 Å². The van der Waals surface area contributed by atoms with E-state index in [0.29, 0.717) is 17.1 Å². The molecule has 0 spiro atoms. The second-order valence-electron chi connectivity index (χ2n) is 3.88. The van der Waals surface area contributed by atoms with Crippen LogP contribution in [0.5, 0.6) is 11.5 Å². The minimum absolute atomic E-state index is 0. The fraction of sp³-hybridized carbons (Fsp3) is 0.500. The van der Waals surface area contributed by atoms with E-state index < -0.39 is 0 Å². The first-order valence-corrected chi connectivity index (χ1v) is 5.41. The Morgan fingerprint density at radius 3 is 2.41 bits per heavy atom. The summed E-state index contributed by atoms with van der Waals surface area (Å²) < 4.78 is 24.1. The summed E-state index contributed by atoms with van der Waals surface area (Å²) >= 11 is 0. The Balaban J connectivity index is 0.00000144. The lowest BCUT2D eigenvalue weighted by atomic mass is 10.0. The molecule has 5 heteroatoms. The second kappa shape index (κ2) is 6.07. The smallest absolute Gasteiger partial charge is 0.163 e. The van der Waals surface area contributed by atoms with Gasteiger partial charge in [-0.1, -0.05) is 0 Å². The molecule has 0 bridgehead atoms. The lowest BCUT2D eigenvalue weighted by Crippen LogP contribution is -2.14. The first-order chi connectivity index (χ1) is 7.76. The maximum absolute atomic E-state index is 13.8. The minimum Gasteiger partial charge on any atom is -0.493 e. The highest BCUT2D eigenvalue weighted by atomic mass is 35.5. The number of ether oxygens (including phenoxy) is 2. The van der Waals surface area contributed by atoms with E-state index in [0.717, 1.165) is 19.4 Å². The van der Waals surface area contributed by atoms with Crippen molar-refractivity contribution in [1.82, 2.24) is 5.32 Å². The number of nitrogens with one attached hydrogen (secondary N) is 1. The molecule has 96 valence electrons. The quantitative estimate of drug-likeness (QED) is 0.908. The minimum atomic E-state index is -0.239. The van der Waals surface area contributed by atoms with E-state index in [1.807, 2.05) is 0 Å². The molecule has 1 fully saturated rings. The van der Waals surface area contributed by atoms with E-state index in [-0.39, 0.29) is 24.3 Å². The first kappa shape index (κ1) is 14.1. The Hall–Kier alpha value is -1.00. The van der Waals surface area contributed by atoms with Crippen molar-refractivity contribution >= 4 is 12.4 Å². The number of hydrogen-bond donors (Lipinski definition) is 1. The van der Waals surface area contributed by atoms with Crippen molar-refractivity contribution in [2.45, 2.75) is 18.9 Å². The maximum atomic E-state index is 13.8. The fourth-order valence-corrected chi connectivity index (χ4v) is 2.09. The first-order valence-electron chi connectivity index (χ1n) is 5.41. The third-order valence-electron chi connectivity index (χ3n) is 2.94. The highest BCUT2D eigenvalue weighted by Gasteiger charge is 2.21. The molecule has 1 N–H and O–H groups in total. The lowest BCUT2D eigenvalue weighted by molar-refractivity contribution is 0.350. The summed E-state index contributed by atoms with van der Waals surface area (Å²) in [4.78, 5) is 0. The van der Waals surface area contributed by atoms with Crippen LogP contribution < -0.4 is 14.8 Å². The summed E-state index contributed by atoms with van der Waals surface area (Å²) in [6, 6.07) is 3.20. The number of methoxy groups -OCH3 is 2. The lowest BCUT2D eigenvalue weighted by Gasteiger charge is -2.15. The van der Waals surface area contributed by atoms with Crippen LogP contribution in [-0.4, -0.2) is 20.8 Å². The van der Waals surface area contributed by atoms with E-state index in [1.54, 1.807) is 13.2 Å². The molecule has 3 nitrogen and oxygen atoms in total. The standard InChI is InChI=1S/C12H16FNO2.ClH/c1-15-11-6-8(10-4-3-5-14-10)9(13)7-12(11)16-2;/h6-7,10,14H,3-5H2,1-2H3;1H/t10-;/m1./s1. The van der Waals surface area contributed by atoms with Crippen molar-refractivity contribution < 1.29 is 13.9 Å². The molecule has 0 amide bonds. The molecule has 0 radical (unpaired) electrons. The van der Waals surface area contributed by atoms with Crippen molar-refractivity contribution in [2.24, 2.45) is 0 Å². The zero-order valence-corrected chi connectivity index (χ0v) is 10.8. The third kappa shape index (κ3) is 2.82. The molecule has 0 saturated carbocycles. The van der Waals surface area contributed by atoms with Gasteiger partial charge < -0.3 is 14.8 Å². The van der Waals surface area contributed by atoms with E-state index in [2.05, 4.69) is 5.32 Å². The summed E-state index contributed by atoms with van der Waals surface area (Å²) in [5.41, 5.74) is 0.662. The van der Waals surface area contributed by atoms with Crippen molar-refractivity contribution in [1.29, 1.82) is 0 Å². The van der Waals surface area contributed by atoms with Gasteiger partial charge >= 0.3 is 0 Å². The molecule has 17 heavy (non-hydrogen) atoms. The number of halogens is 2. The van der Waals surface area contributed by atoms with Crippen LogP contribution in [0.4, 0.5) is 4.39 Å². The van der Waals surface area contributed by atoms with Gasteiger partial charge in [0.1, 0.15) is 5.82 Å². The second-order valence-corrected chi connectivity index (χ2v) is 3.88. The van der Waals surface area contributed by atoms with Crippen LogP contribution in [0.15, 0.2) is 12.1 Å². The van der Waals surface area contributed by atoms with Crippen LogP contribution in [0.25, 0.3) is 0 Å². The zero-order chi connectivity index (χ0) is 11.5. The highest BCUT2D eigenvalue weighted by molar-refractivity contribution is 5.85. The topological polar surface area (TPSA) is 30.5 Å². The van der Waals surface area contributed by atoms with Crippen LogP contribution in [0.2, 0.25) is 0 Å². The van der Waals surface area contributed by atoms with Gasteiger partial charge in [-0.25, -0.2) is 4.39 Å². The number of rotatable bonds is 3. The van der Waals surface area contributed by atoms with Crippen LogP contribution >= 0.6 is 12.4 Å². The van der Waals surface area contributed by atoms with Crippen molar-refractivity contribution in [3.63, 3.8) is 0 Å². The van der Waals surface area contributed by atoms with Gasteiger partial charge in [0.25, 0.3) is 0 Å². The SMILES string of the molecule is COc1cc(F)c([C@H]2CCCN2)cc1OC.Cl. The van der Waals surface area contributed by atoms with Gasteiger partial charge in [0.2, 0.25) is 0 Å². The van der Waals surface area contributed by atoms with Crippen LogP contribution in [0.3, 0.4) is 0 Å². The molecular weight excluding hydrogens is 245 g/mol. The molecule has 1 heterocycles. The van der Waals surface area contributed by atoms with Crippen molar-refractivity contribution in [3.05, 3.63) is 23.5 Å². The average Bonchev–Trinajstić information content (AvgIpc) is 2.82. The molecule has 0 aromatic heterocycles. The Morgan fingerprint density at radius 1 is 1.24 bits per heavy atom. The number of hydrogen-bond acceptors (Lipinski definition) is 3. The predicted octanol–water partition coefficient (Wildman–Crippen LogP) is 2.69. The summed E-state index contributed by atoms with van der Waals surface area (Å²) in [5, 5.41) is 3.27. The maximum Gasteiger partial charge on any atom is 0.163 e. The molecule has 1 aromatic rings. The van der Waals surface area contributed by atoms with Gasteiger partial charge in [0.05, 0.1) is 14.2 Å². The third-order valence-corrected chi connectivity index (χ3v) is 2.94. The van der Waals surface area contributed by atoms with E-state index in [1.165, 1.54) is 13.2 Å². The molecule has 0 aliphatic carbocycles. The van der Waals surface area contributed by atoms with Crippen LogP contribution in [0.1, 0.15) is 24.4 Å². The summed E-state index contributed by atoms with van der Waals surface area (Å²) in [5.74, 6) is 0.770. The van der Waals surface area contributed by atoms with E-state index in [4.69, 9.17) is 9.47 Å². The molecule has 1 saturated heterocycles. The van der Waals surface area contributed by atoms with Gasteiger partial charge in [-0.3, -0.25) is 0 Å². The highest BCUT2D eigenvalue weighted by Crippen LogP contribution is 2.34. The summed E-state index contributed by atoms with van der Waals surface area (Å²) in [6.07, 6.45) is 2.05. The van der Waals surface area contributed by atoms with Gasteiger partial charge in [-0.15, -0.1) is 12.4 Å². The van der Waals surface area contributed by atoms with Gasteiger partial charge in [-0.2, -0.15) is 0 Å². The molecule has 1 aliphatic heterocycles. The molecule has 1 atom stereocenters. The average molecular weight is 262 g/mol. The summed E-state index contributed by atoms with van der Waals surface area (Å²) in [7, 11) is 3.06. The molecule has 2 rings (SSSR count). The molecule has 1 aliphatic rings. The molecule has 1 aromatic carbocycles. The van der Waals surface area contributed by atoms with Gasteiger partial charge in [0, 0.05) is 17.7 Å². The molecular formula is C12H17ClFNO2. The Labute approximate surface area is 107 Å². The van der Waals surface area contributed by atoms with Crippen LogP contribution in [-0.2, 0) is 0 Å². The Bertz CT molecular complexity index is 381. The summed E-state index contributed by atoms with van der Waals surface area (Å²) in [6.45, 7) is 0.943. The Kier molecular flexibility index (Phi) is 5.02. The predicted molar refractivity (Wildman–Crippen MR) is 66.7 cm³/mol. The fourth-order valence-electron chi connectivity index (χ4n) is 2.09. The van der Waals surface area contributed by atoms with E-state index in [9.17, 15) is 4.39 Å². The van der Waals surface area contributed by atoms with Crippen molar-refractivity contribution in [3.8, 4) is 11.5 Å². The Morgan fingerprint density at radius 2 is 1.88 bits per heavy atom. The zero-order valence-electron chi connectivity index (χ0n) is 9.96. The largest absolute Gasteiger partial charge is 0.493 e. The van der Waals surface area contributed by atoms with Crippen LogP contribution in [0, 0.1) is 5.82 Å². The van der Waals surface area contributed by atoms with Gasteiger partial charge in [0.15, 0.2) is 11.5 Å². The van der Waals surface area contributed by atoms with Gasteiger partial charge in [-0.05, 0) is 25.5 Å². The molecule has 0 unspecified atom stereocenters. The van der Waals surface area contributed by atoms with Crippen molar-refractivity contribution in [2.75, 3.05) is 20.8 Å².